The van der Waals surface area contributed by atoms with Gasteiger partial charge in [-0.3, -0.25) is 4.79 Å². The lowest BCUT2D eigenvalue weighted by atomic mass is 9.96. The molecule has 0 aliphatic carbocycles. The Morgan fingerprint density at radius 3 is 2.92 bits per heavy atom. The highest BCUT2D eigenvalue weighted by Crippen LogP contribution is 2.26. The lowest BCUT2D eigenvalue weighted by Crippen LogP contribution is -2.35. The number of nitrogens with zero attached hydrogens (tertiary/aromatic N) is 3. The van der Waals surface area contributed by atoms with Crippen LogP contribution in [-0.4, -0.2) is 33.8 Å². The predicted octanol–water partition coefficient (Wildman–Crippen LogP) is 2.25. The number of hydrogen-bond donors (Lipinski definition) is 1. The third kappa shape index (κ3) is 3.24. The smallest absolute Gasteiger partial charge is 0.253 e. The summed E-state index contributed by atoms with van der Waals surface area (Å²) in [5.41, 5.74) is 2.48. The van der Waals surface area contributed by atoms with Crippen LogP contribution in [0.3, 0.4) is 0 Å². The maximum atomic E-state index is 12.6. The molecule has 4 rings (SSSR count). The molecule has 0 fully saturated rings. The zero-order valence-corrected chi connectivity index (χ0v) is 13.6. The Bertz CT molecular complexity index is 877. The van der Waals surface area contributed by atoms with Gasteiger partial charge in [-0.25, -0.2) is 9.67 Å². The first kappa shape index (κ1) is 15.4. The zero-order chi connectivity index (χ0) is 17.1. The average Bonchev–Trinajstić information content (AvgIpc) is 3.20. The van der Waals surface area contributed by atoms with E-state index in [9.17, 15) is 4.79 Å². The Morgan fingerprint density at radius 1 is 1.20 bits per heavy atom. The van der Waals surface area contributed by atoms with Gasteiger partial charge in [-0.05, 0) is 30.2 Å². The molecule has 1 amide bonds. The van der Waals surface area contributed by atoms with E-state index in [0.29, 0.717) is 24.4 Å². The molecule has 2 heterocycles. The summed E-state index contributed by atoms with van der Waals surface area (Å²) in [6.07, 6.45) is 3.94. The fourth-order valence-corrected chi connectivity index (χ4v) is 3.05. The Balaban J connectivity index is 1.44. The lowest BCUT2D eigenvalue weighted by Gasteiger charge is -2.25. The van der Waals surface area contributed by atoms with Gasteiger partial charge < -0.3 is 10.1 Å². The summed E-state index contributed by atoms with van der Waals surface area (Å²) in [5.74, 6) is 1.09. The monoisotopic (exact) mass is 334 g/mol. The molecule has 1 N–H and O–H groups in total. The van der Waals surface area contributed by atoms with Crippen LogP contribution >= 0.6 is 0 Å². The highest BCUT2D eigenvalue weighted by atomic mass is 16.5. The maximum Gasteiger partial charge on any atom is 0.253 e. The molecule has 0 radical (unpaired) electrons. The largest absolute Gasteiger partial charge is 0.493 e. The average molecular weight is 334 g/mol. The zero-order valence-electron chi connectivity index (χ0n) is 13.6. The van der Waals surface area contributed by atoms with Crippen molar-refractivity contribution in [2.24, 2.45) is 5.92 Å². The van der Waals surface area contributed by atoms with Crippen molar-refractivity contribution in [1.29, 1.82) is 0 Å². The van der Waals surface area contributed by atoms with Gasteiger partial charge in [0, 0.05) is 12.5 Å². The summed E-state index contributed by atoms with van der Waals surface area (Å²) in [5, 5.41) is 7.13. The predicted molar refractivity (Wildman–Crippen MR) is 92.8 cm³/mol. The number of ether oxygens (including phenoxy) is 1. The molecule has 126 valence electrons. The first-order chi connectivity index (χ1) is 12.3. The Morgan fingerprint density at radius 2 is 2.04 bits per heavy atom. The first-order valence-corrected chi connectivity index (χ1v) is 8.24. The molecule has 0 bridgehead atoms. The van der Waals surface area contributed by atoms with Crippen molar-refractivity contribution >= 4 is 5.91 Å². The van der Waals surface area contributed by atoms with E-state index in [-0.39, 0.29) is 11.8 Å². The number of nitrogens with one attached hydrogen (secondary N) is 1. The highest BCUT2D eigenvalue weighted by molar-refractivity contribution is 5.97. The van der Waals surface area contributed by atoms with Crippen LogP contribution in [0, 0.1) is 5.92 Å². The van der Waals surface area contributed by atoms with Gasteiger partial charge in [0.15, 0.2) is 0 Å². The Labute approximate surface area is 145 Å². The van der Waals surface area contributed by atoms with Crippen LogP contribution in [0.2, 0.25) is 0 Å². The molecular formula is C19H18N4O2. The van der Waals surface area contributed by atoms with Crippen molar-refractivity contribution in [3.63, 3.8) is 0 Å². The quantitative estimate of drug-likeness (QED) is 0.794. The molecule has 6 heteroatoms. The van der Waals surface area contributed by atoms with Crippen molar-refractivity contribution < 1.29 is 9.53 Å². The van der Waals surface area contributed by atoms with Crippen molar-refractivity contribution in [3.8, 4) is 11.4 Å². The number of fused-ring (bicyclic) bond motifs is 1. The van der Waals surface area contributed by atoms with Crippen molar-refractivity contribution in [1.82, 2.24) is 20.1 Å². The van der Waals surface area contributed by atoms with E-state index in [2.05, 4.69) is 21.5 Å². The van der Waals surface area contributed by atoms with E-state index in [0.717, 1.165) is 12.2 Å². The molecule has 0 saturated heterocycles. The van der Waals surface area contributed by atoms with Crippen LogP contribution in [0.15, 0.2) is 61.2 Å². The summed E-state index contributed by atoms with van der Waals surface area (Å²) in [6, 6.07) is 15.4. The van der Waals surface area contributed by atoms with E-state index in [1.54, 1.807) is 17.1 Å². The molecule has 0 spiro atoms. The topological polar surface area (TPSA) is 69.0 Å². The molecule has 1 atom stereocenters. The second kappa shape index (κ2) is 6.76. The van der Waals surface area contributed by atoms with Gasteiger partial charge in [-0.15, -0.1) is 0 Å². The van der Waals surface area contributed by atoms with Crippen molar-refractivity contribution in [2.45, 2.75) is 6.42 Å². The molecule has 2 aromatic carbocycles. The molecule has 1 aromatic heterocycles. The van der Waals surface area contributed by atoms with Crippen LogP contribution in [0.1, 0.15) is 15.9 Å². The minimum absolute atomic E-state index is 0.120. The number of carbonyl (C=O) groups excluding carboxylic acids is 1. The van der Waals surface area contributed by atoms with Gasteiger partial charge in [0.1, 0.15) is 18.4 Å². The van der Waals surface area contributed by atoms with E-state index >= 15 is 0 Å². The first-order valence-electron chi connectivity index (χ1n) is 8.24. The van der Waals surface area contributed by atoms with Crippen molar-refractivity contribution in [3.05, 3.63) is 72.3 Å². The molecule has 1 aliphatic heterocycles. The third-order valence-electron chi connectivity index (χ3n) is 4.32. The molecule has 3 aromatic rings. The minimum atomic E-state index is -0.120. The van der Waals surface area contributed by atoms with Crippen LogP contribution in [0.4, 0.5) is 0 Å². The van der Waals surface area contributed by atoms with Gasteiger partial charge in [-0.2, -0.15) is 5.10 Å². The fourth-order valence-electron chi connectivity index (χ4n) is 3.05. The maximum absolute atomic E-state index is 12.6. The second-order valence-electron chi connectivity index (χ2n) is 6.06. The third-order valence-corrected chi connectivity index (χ3v) is 4.32. The van der Waals surface area contributed by atoms with Crippen LogP contribution in [0.5, 0.6) is 5.75 Å². The van der Waals surface area contributed by atoms with E-state index in [1.165, 1.54) is 11.9 Å². The molecule has 1 unspecified atom stereocenters. The summed E-state index contributed by atoms with van der Waals surface area (Å²) in [7, 11) is 0. The van der Waals surface area contributed by atoms with Gasteiger partial charge in [-0.1, -0.05) is 30.3 Å². The number of amides is 1. The van der Waals surface area contributed by atoms with Gasteiger partial charge in [0.25, 0.3) is 5.91 Å². The number of hydrogen-bond acceptors (Lipinski definition) is 4. The minimum Gasteiger partial charge on any atom is -0.493 e. The lowest BCUT2D eigenvalue weighted by molar-refractivity contribution is 0.0939. The summed E-state index contributed by atoms with van der Waals surface area (Å²) in [6.45, 7) is 1.18. The number of carbonyl (C=O) groups is 1. The summed E-state index contributed by atoms with van der Waals surface area (Å²) < 4.78 is 7.38. The fraction of sp³-hybridized carbons (Fsp3) is 0.211. The normalized spacial score (nSPS) is 15.9. The summed E-state index contributed by atoms with van der Waals surface area (Å²) in [4.78, 5) is 16.6. The molecule has 1 aliphatic rings. The van der Waals surface area contributed by atoms with Crippen LogP contribution in [-0.2, 0) is 6.42 Å². The number of aromatic nitrogens is 3. The van der Waals surface area contributed by atoms with Gasteiger partial charge >= 0.3 is 0 Å². The van der Waals surface area contributed by atoms with E-state index in [1.807, 2.05) is 36.4 Å². The second-order valence-corrected chi connectivity index (χ2v) is 6.06. The molecule has 6 nitrogen and oxygen atoms in total. The van der Waals surface area contributed by atoms with Gasteiger partial charge in [0.05, 0.1) is 17.9 Å². The molecule has 25 heavy (non-hydrogen) atoms. The molecular weight excluding hydrogens is 316 g/mol. The van der Waals surface area contributed by atoms with Crippen molar-refractivity contribution in [2.75, 3.05) is 13.2 Å². The Kier molecular flexibility index (Phi) is 4.16. The highest BCUT2D eigenvalue weighted by Gasteiger charge is 2.21. The molecule has 0 saturated carbocycles. The number of rotatable bonds is 4. The number of para-hydroxylation sites is 2. The van der Waals surface area contributed by atoms with Crippen LogP contribution < -0.4 is 10.1 Å². The Hall–Kier alpha value is -3.15. The van der Waals surface area contributed by atoms with Gasteiger partial charge in [0.2, 0.25) is 0 Å². The van der Waals surface area contributed by atoms with E-state index in [4.69, 9.17) is 4.74 Å². The number of benzene rings is 2. The van der Waals surface area contributed by atoms with Crippen LogP contribution in [0.25, 0.3) is 5.69 Å². The summed E-state index contributed by atoms with van der Waals surface area (Å²) >= 11 is 0. The standard InChI is InChI=1S/C19H18N4O2/c24-19(16-6-2-3-7-17(16)23-13-20-12-22-23)21-10-14-9-15-5-1-4-8-18(15)25-11-14/h1-8,12-14H,9-11H2,(H,21,24). The SMILES string of the molecule is O=C(NCC1COc2ccccc2C1)c1ccccc1-n1cncn1. The van der Waals surface area contributed by atoms with E-state index < -0.39 is 0 Å².